The maximum atomic E-state index is 5.80. The fraction of sp³-hybridized carbons (Fsp3) is 0.240. The topological polar surface area (TPSA) is 80.1 Å². The van der Waals surface area contributed by atoms with Crippen LogP contribution in [0.4, 0.5) is 5.69 Å². The number of benzene rings is 2. The second-order valence-corrected chi connectivity index (χ2v) is 8.18. The molecule has 0 radical (unpaired) electrons. The third-order valence-electron chi connectivity index (χ3n) is 5.83. The first kappa shape index (κ1) is 20.1. The molecule has 0 saturated carbocycles. The summed E-state index contributed by atoms with van der Waals surface area (Å²) < 4.78 is 11.2. The summed E-state index contributed by atoms with van der Waals surface area (Å²) in [6.45, 7) is 5.77. The van der Waals surface area contributed by atoms with Crippen molar-refractivity contribution in [1.82, 2.24) is 20.1 Å². The molecular formula is C25H25N5O2. The average Bonchev–Trinajstić information content (AvgIpc) is 3.30. The van der Waals surface area contributed by atoms with E-state index in [1.807, 2.05) is 47.0 Å². The molecule has 32 heavy (non-hydrogen) atoms. The molecule has 162 valence electrons. The lowest BCUT2D eigenvalue weighted by atomic mass is 9.99. The molecule has 0 aliphatic carbocycles. The number of hydrogen-bond acceptors (Lipinski definition) is 6. The number of aromatic nitrogens is 4. The largest absolute Gasteiger partial charge is 0.496 e. The van der Waals surface area contributed by atoms with Gasteiger partial charge in [-0.05, 0) is 39.0 Å². The highest BCUT2D eigenvalue weighted by atomic mass is 16.5. The first-order valence-corrected chi connectivity index (χ1v) is 10.5. The van der Waals surface area contributed by atoms with E-state index in [0.29, 0.717) is 5.82 Å². The molecule has 0 fully saturated rings. The van der Waals surface area contributed by atoms with Crippen LogP contribution in [0.15, 0.2) is 40.9 Å². The van der Waals surface area contributed by atoms with Gasteiger partial charge < -0.3 is 19.1 Å². The highest BCUT2D eigenvalue weighted by Gasteiger charge is 2.21. The van der Waals surface area contributed by atoms with Gasteiger partial charge in [-0.15, -0.1) is 0 Å². The maximum Gasteiger partial charge on any atom is 0.142 e. The molecule has 2 aromatic carbocycles. The minimum absolute atomic E-state index is 0.713. The van der Waals surface area contributed by atoms with Crippen molar-refractivity contribution in [2.75, 3.05) is 26.1 Å². The molecule has 3 aromatic heterocycles. The number of aromatic amines is 1. The number of nitrogens with one attached hydrogen (secondary N) is 1. The van der Waals surface area contributed by atoms with Gasteiger partial charge >= 0.3 is 0 Å². The summed E-state index contributed by atoms with van der Waals surface area (Å²) in [5.41, 5.74) is 7.52. The van der Waals surface area contributed by atoms with E-state index in [9.17, 15) is 0 Å². The Bertz CT molecular complexity index is 1460. The number of hydrogen-bond donors (Lipinski definition) is 1. The van der Waals surface area contributed by atoms with Crippen LogP contribution in [-0.4, -0.2) is 41.3 Å². The minimum Gasteiger partial charge on any atom is -0.496 e. The van der Waals surface area contributed by atoms with Gasteiger partial charge in [-0.1, -0.05) is 23.4 Å². The van der Waals surface area contributed by atoms with E-state index in [-0.39, 0.29) is 0 Å². The monoisotopic (exact) mass is 427 g/mol. The Morgan fingerprint density at radius 1 is 1.00 bits per heavy atom. The van der Waals surface area contributed by atoms with Crippen molar-refractivity contribution in [3.05, 3.63) is 53.7 Å². The average molecular weight is 428 g/mol. The van der Waals surface area contributed by atoms with E-state index >= 15 is 0 Å². The normalized spacial score (nSPS) is 11.4. The number of H-pyrrole nitrogens is 1. The van der Waals surface area contributed by atoms with Crippen molar-refractivity contribution in [2.24, 2.45) is 0 Å². The first-order valence-electron chi connectivity index (χ1n) is 10.5. The summed E-state index contributed by atoms with van der Waals surface area (Å²) in [6.07, 6.45) is 0. The molecule has 5 rings (SSSR count). The molecule has 0 amide bonds. The zero-order valence-corrected chi connectivity index (χ0v) is 19.1. The summed E-state index contributed by atoms with van der Waals surface area (Å²) in [4.78, 5) is 15.2. The molecule has 0 unspecified atom stereocenters. The fourth-order valence-corrected chi connectivity index (χ4v) is 4.43. The summed E-state index contributed by atoms with van der Waals surface area (Å²) in [7, 11) is 5.76. The van der Waals surface area contributed by atoms with Gasteiger partial charge in [-0.3, -0.25) is 0 Å². The van der Waals surface area contributed by atoms with E-state index in [0.717, 1.165) is 67.2 Å². The van der Waals surface area contributed by atoms with Crippen LogP contribution in [0.3, 0.4) is 0 Å². The zero-order valence-electron chi connectivity index (χ0n) is 19.1. The quantitative estimate of drug-likeness (QED) is 0.412. The van der Waals surface area contributed by atoms with Gasteiger partial charge in [0.2, 0.25) is 0 Å². The molecule has 0 aliphatic heterocycles. The lowest BCUT2D eigenvalue weighted by molar-refractivity contribution is 0.393. The van der Waals surface area contributed by atoms with E-state index < -0.39 is 0 Å². The van der Waals surface area contributed by atoms with Crippen LogP contribution in [0, 0.1) is 20.8 Å². The van der Waals surface area contributed by atoms with Crippen molar-refractivity contribution >= 4 is 27.6 Å². The first-order chi connectivity index (χ1) is 15.4. The van der Waals surface area contributed by atoms with Crippen LogP contribution in [-0.2, 0) is 0 Å². The van der Waals surface area contributed by atoms with Gasteiger partial charge in [-0.25, -0.2) is 9.97 Å². The molecule has 0 saturated heterocycles. The number of rotatable bonds is 4. The Balaban J connectivity index is 1.87. The number of methoxy groups -OCH3 is 1. The Morgan fingerprint density at radius 2 is 1.78 bits per heavy atom. The zero-order chi connectivity index (χ0) is 22.6. The van der Waals surface area contributed by atoms with Gasteiger partial charge in [0.05, 0.1) is 29.4 Å². The lowest BCUT2D eigenvalue weighted by Gasteiger charge is -2.17. The molecule has 0 atom stereocenters. The summed E-state index contributed by atoms with van der Waals surface area (Å²) in [5.74, 6) is 2.22. The smallest absolute Gasteiger partial charge is 0.142 e. The SMILES string of the molecule is COc1cc2c(cc1-c1c(C)noc1C)[nH]c1nc(C)nc(-c3ccccc3N(C)C)c12. The second-order valence-electron chi connectivity index (χ2n) is 8.18. The van der Waals surface area contributed by atoms with Crippen molar-refractivity contribution in [2.45, 2.75) is 20.8 Å². The molecule has 1 N–H and O–H groups in total. The number of ether oxygens (including phenoxy) is 1. The van der Waals surface area contributed by atoms with Gasteiger partial charge in [0, 0.05) is 41.8 Å². The molecule has 0 bridgehead atoms. The lowest BCUT2D eigenvalue weighted by Crippen LogP contribution is -2.10. The Kier molecular flexibility index (Phi) is 4.62. The van der Waals surface area contributed by atoms with Crippen molar-refractivity contribution < 1.29 is 9.26 Å². The molecule has 5 aromatic rings. The van der Waals surface area contributed by atoms with Crippen molar-refractivity contribution in [1.29, 1.82) is 0 Å². The third kappa shape index (κ3) is 3.00. The van der Waals surface area contributed by atoms with Crippen LogP contribution in [0.1, 0.15) is 17.3 Å². The molecule has 0 spiro atoms. The highest BCUT2D eigenvalue weighted by molar-refractivity contribution is 6.14. The van der Waals surface area contributed by atoms with Gasteiger partial charge in [-0.2, -0.15) is 0 Å². The van der Waals surface area contributed by atoms with E-state index in [2.05, 4.69) is 39.3 Å². The summed E-state index contributed by atoms with van der Waals surface area (Å²) >= 11 is 0. The molecule has 0 aliphatic rings. The van der Waals surface area contributed by atoms with Crippen LogP contribution < -0.4 is 9.64 Å². The van der Waals surface area contributed by atoms with Gasteiger partial charge in [0.15, 0.2) is 0 Å². The van der Waals surface area contributed by atoms with Gasteiger partial charge in [0.1, 0.15) is 23.0 Å². The van der Waals surface area contributed by atoms with Gasteiger partial charge in [0.25, 0.3) is 0 Å². The molecule has 7 heteroatoms. The summed E-state index contributed by atoms with van der Waals surface area (Å²) in [5, 5.41) is 6.10. The van der Waals surface area contributed by atoms with Crippen molar-refractivity contribution in [3.8, 4) is 28.1 Å². The standard InChI is InChI=1S/C25H25N5O2/c1-13-22(14(2)32-29-13)18-11-19-17(12-21(18)31-6)23-24(26-15(3)27-25(23)28-19)16-9-7-8-10-20(16)30(4)5/h7-12H,1-6H3,(H,26,27,28). The van der Waals surface area contributed by atoms with Crippen LogP contribution in [0.5, 0.6) is 5.75 Å². The Morgan fingerprint density at radius 3 is 2.47 bits per heavy atom. The fourth-order valence-electron chi connectivity index (χ4n) is 4.43. The van der Waals surface area contributed by atoms with Crippen LogP contribution in [0.25, 0.3) is 44.3 Å². The molecular weight excluding hydrogens is 402 g/mol. The van der Waals surface area contributed by atoms with Crippen molar-refractivity contribution in [3.63, 3.8) is 0 Å². The predicted molar refractivity (Wildman–Crippen MR) is 127 cm³/mol. The number of aryl methyl sites for hydroxylation is 3. The Hall–Kier alpha value is -3.87. The number of nitrogens with zero attached hydrogens (tertiary/aromatic N) is 4. The Labute approximate surface area is 186 Å². The number of anilines is 1. The molecule has 3 heterocycles. The van der Waals surface area contributed by atoms with Crippen LogP contribution >= 0.6 is 0 Å². The highest BCUT2D eigenvalue weighted by Crippen LogP contribution is 2.42. The van der Waals surface area contributed by atoms with Crippen LogP contribution in [0.2, 0.25) is 0 Å². The minimum atomic E-state index is 0.713. The number of fused-ring (bicyclic) bond motifs is 3. The van der Waals surface area contributed by atoms with E-state index in [1.54, 1.807) is 7.11 Å². The van der Waals surface area contributed by atoms with E-state index in [1.165, 1.54) is 0 Å². The van der Waals surface area contributed by atoms with E-state index in [4.69, 9.17) is 19.2 Å². The maximum absolute atomic E-state index is 5.80. The molecule has 7 nitrogen and oxygen atoms in total. The second kappa shape index (κ2) is 7.37. The predicted octanol–water partition coefficient (Wildman–Crippen LogP) is 5.43. The third-order valence-corrected chi connectivity index (χ3v) is 5.83. The summed E-state index contributed by atoms with van der Waals surface area (Å²) in [6, 6.07) is 12.4. The number of para-hydroxylation sites is 1.